The van der Waals surface area contributed by atoms with Crippen LogP contribution in [0.1, 0.15) is 19.8 Å². The van der Waals surface area contributed by atoms with Crippen LogP contribution in [0.3, 0.4) is 0 Å². The van der Waals surface area contributed by atoms with Gasteiger partial charge in [0.05, 0.1) is 0 Å². The third-order valence-electron chi connectivity index (χ3n) is 1.53. The zero-order valence-corrected chi connectivity index (χ0v) is 5.60. The molecule has 0 spiro atoms. The standard InChI is InChI=1S/C8H11F/c1-2-7-3-5-8(9)6-4-7/h3-5,8H,2,6H2,1H3/t8-/m1/s1. The van der Waals surface area contributed by atoms with Gasteiger partial charge in [-0.2, -0.15) is 0 Å². The molecule has 0 radical (unpaired) electrons. The lowest BCUT2D eigenvalue weighted by Crippen LogP contribution is -1.97. The van der Waals surface area contributed by atoms with Crippen molar-refractivity contribution in [1.29, 1.82) is 0 Å². The van der Waals surface area contributed by atoms with E-state index in [1.165, 1.54) is 5.57 Å². The smallest absolute Gasteiger partial charge is 0.122 e. The van der Waals surface area contributed by atoms with E-state index in [0.29, 0.717) is 6.42 Å². The minimum Gasteiger partial charge on any atom is -0.243 e. The normalized spacial score (nSPS) is 26.0. The number of hydrogen-bond donors (Lipinski definition) is 0. The molecule has 0 nitrogen and oxygen atoms in total. The number of alkyl halides is 1. The van der Waals surface area contributed by atoms with E-state index in [2.05, 4.69) is 6.92 Å². The van der Waals surface area contributed by atoms with Crippen LogP contribution in [0.4, 0.5) is 4.39 Å². The fourth-order valence-electron chi connectivity index (χ4n) is 0.901. The van der Waals surface area contributed by atoms with Gasteiger partial charge in [0.1, 0.15) is 6.17 Å². The first-order valence-corrected chi connectivity index (χ1v) is 3.34. The molecule has 0 heterocycles. The van der Waals surface area contributed by atoms with Gasteiger partial charge in [-0.15, -0.1) is 0 Å². The lowest BCUT2D eigenvalue weighted by Gasteiger charge is -2.06. The molecule has 50 valence electrons. The molecule has 0 saturated carbocycles. The van der Waals surface area contributed by atoms with E-state index in [1.807, 2.05) is 12.2 Å². The lowest BCUT2D eigenvalue weighted by atomic mass is 10.0. The van der Waals surface area contributed by atoms with Gasteiger partial charge < -0.3 is 0 Å². The van der Waals surface area contributed by atoms with E-state index < -0.39 is 6.17 Å². The van der Waals surface area contributed by atoms with Gasteiger partial charge in [-0.05, 0) is 6.42 Å². The van der Waals surface area contributed by atoms with Crippen LogP contribution in [0, 0.1) is 0 Å². The molecule has 1 aliphatic rings. The predicted molar refractivity (Wildman–Crippen MR) is 37.0 cm³/mol. The van der Waals surface area contributed by atoms with Crippen LogP contribution in [0.25, 0.3) is 0 Å². The third-order valence-corrected chi connectivity index (χ3v) is 1.53. The first-order chi connectivity index (χ1) is 4.33. The van der Waals surface area contributed by atoms with Gasteiger partial charge in [-0.3, -0.25) is 0 Å². The van der Waals surface area contributed by atoms with Crippen molar-refractivity contribution in [2.24, 2.45) is 0 Å². The van der Waals surface area contributed by atoms with Crippen molar-refractivity contribution in [1.82, 2.24) is 0 Å². The maximum Gasteiger partial charge on any atom is 0.122 e. The Labute approximate surface area is 55.1 Å². The van der Waals surface area contributed by atoms with Crippen LogP contribution in [-0.2, 0) is 0 Å². The molecule has 0 N–H and O–H groups in total. The highest BCUT2D eigenvalue weighted by molar-refractivity contribution is 5.23. The van der Waals surface area contributed by atoms with Crippen molar-refractivity contribution in [2.45, 2.75) is 25.9 Å². The largest absolute Gasteiger partial charge is 0.243 e. The van der Waals surface area contributed by atoms with E-state index in [9.17, 15) is 4.39 Å². The highest BCUT2D eigenvalue weighted by Gasteiger charge is 2.03. The summed E-state index contributed by atoms with van der Waals surface area (Å²) in [6, 6.07) is 0. The van der Waals surface area contributed by atoms with Crippen LogP contribution in [-0.4, -0.2) is 6.17 Å². The second kappa shape index (κ2) is 2.81. The van der Waals surface area contributed by atoms with Crippen LogP contribution in [0.2, 0.25) is 0 Å². The molecule has 0 aromatic heterocycles. The maximum absolute atomic E-state index is 12.4. The summed E-state index contributed by atoms with van der Waals surface area (Å²) in [5.41, 5.74) is 1.25. The summed E-state index contributed by atoms with van der Waals surface area (Å²) in [4.78, 5) is 0. The summed E-state index contributed by atoms with van der Waals surface area (Å²) < 4.78 is 12.4. The Hall–Kier alpha value is -0.590. The average molecular weight is 126 g/mol. The highest BCUT2D eigenvalue weighted by Crippen LogP contribution is 2.14. The molecule has 1 rings (SSSR count). The van der Waals surface area contributed by atoms with E-state index in [-0.39, 0.29) is 0 Å². The second-order valence-corrected chi connectivity index (χ2v) is 2.24. The number of rotatable bonds is 1. The summed E-state index contributed by atoms with van der Waals surface area (Å²) in [7, 11) is 0. The molecule has 0 aliphatic heterocycles. The van der Waals surface area contributed by atoms with Crippen molar-refractivity contribution >= 4 is 0 Å². The molecule has 1 heteroatoms. The van der Waals surface area contributed by atoms with Crippen molar-refractivity contribution in [3.8, 4) is 0 Å². The zero-order valence-electron chi connectivity index (χ0n) is 5.60. The Morgan fingerprint density at radius 2 is 2.56 bits per heavy atom. The first-order valence-electron chi connectivity index (χ1n) is 3.34. The van der Waals surface area contributed by atoms with Gasteiger partial charge in [0.2, 0.25) is 0 Å². The van der Waals surface area contributed by atoms with Crippen LogP contribution < -0.4 is 0 Å². The Morgan fingerprint density at radius 1 is 1.78 bits per heavy atom. The average Bonchev–Trinajstić information content (AvgIpc) is 1.90. The van der Waals surface area contributed by atoms with Crippen molar-refractivity contribution in [2.75, 3.05) is 0 Å². The van der Waals surface area contributed by atoms with E-state index >= 15 is 0 Å². The third kappa shape index (κ3) is 1.67. The summed E-state index contributed by atoms with van der Waals surface area (Å²) in [6.45, 7) is 2.08. The molecule has 0 aromatic carbocycles. The van der Waals surface area contributed by atoms with Crippen LogP contribution >= 0.6 is 0 Å². The molecule has 1 aliphatic carbocycles. The van der Waals surface area contributed by atoms with Crippen LogP contribution in [0.5, 0.6) is 0 Å². The minimum absolute atomic E-state index is 0.569. The van der Waals surface area contributed by atoms with Gasteiger partial charge in [0.25, 0.3) is 0 Å². The molecule has 0 bridgehead atoms. The maximum atomic E-state index is 12.4. The van der Waals surface area contributed by atoms with E-state index in [0.717, 1.165) is 6.42 Å². The number of hydrogen-bond acceptors (Lipinski definition) is 0. The molecule has 0 aromatic rings. The number of halogens is 1. The Bertz CT molecular complexity index is 145. The summed E-state index contributed by atoms with van der Waals surface area (Å²) >= 11 is 0. The van der Waals surface area contributed by atoms with Crippen LogP contribution in [0.15, 0.2) is 23.8 Å². The van der Waals surface area contributed by atoms with Crippen molar-refractivity contribution in [3.63, 3.8) is 0 Å². The summed E-state index contributed by atoms with van der Waals surface area (Å²) in [5, 5.41) is 0. The van der Waals surface area contributed by atoms with E-state index in [1.54, 1.807) is 6.08 Å². The number of allylic oxidation sites excluding steroid dienone is 4. The first kappa shape index (κ1) is 6.53. The lowest BCUT2D eigenvalue weighted by molar-refractivity contribution is 0.400. The molecular weight excluding hydrogens is 115 g/mol. The summed E-state index contributed by atoms with van der Waals surface area (Å²) in [5.74, 6) is 0. The fraction of sp³-hybridized carbons (Fsp3) is 0.500. The second-order valence-electron chi connectivity index (χ2n) is 2.24. The monoisotopic (exact) mass is 126 g/mol. The fourth-order valence-corrected chi connectivity index (χ4v) is 0.901. The van der Waals surface area contributed by atoms with Crippen molar-refractivity contribution < 1.29 is 4.39 Å². The summed E-state index contributed by atoms with van der Waals surface area (Å²) in [6.07, 6.45) is 6.31. The quantitative estimate of drug-likeness (QED) is 0.506. The van der Waals surface area contributed by atoms with Gasteiger partial charge in [-0.1, -0.05) is 30.7 Å². The Morgan fingerprint density at radius 3 is 3.00 bits per heavy atom. The molecule has 0 fully saturated rings. The molecule has 9 heavy (non-hydrogen) atoms. The Balaban J connectivity index is 2.52. The van der Waals surface area contributed by atoms with E-state index in [4.69, 9.17) is 0 Å². The van der Waals surface area contributed by atoms with Gasteiger partial charge in [0, 0.05) is 6.42 Å². The van der Waals surface area contributed by atoms with Gasteiger partial charge in [0.15, 0.2) is 0 Å². The van der Waals surface area contributed by atoms with Crippen molar-refractivity contribution in [3.05, 3.63) is 23.8 Å². The Kier molecular flexibility index (Phi) is 2.04. The minimum atomic E-state index is -0.736. The zero-order chi connectivity index (χ0) is 6.69. The topological polar surface area (TPSA) is 0 Å². The highest BCUT2D eigenvalue weighted by atomic mass is 19.1. The molecule has 0 unspecified atom stereocenters. The molecule has 1 atom stereocenters. The molecule has 0 saturated heterocycles. The van der Waals surface area contributed by atoms with Gasteiger partial charge >= 0.3 is 0 Å². The predicted octanol–water partition coefficient (Wildman–Crippen LogP) is 2.62. The van der Waals surface area contributed by atoms with Gasteiger partial charge in [-0.25, -0.2) is 4.39 Å². The molecule has 0 amide bonds. The SMILES string of the molecule is CCC1=CC[C@H](F)C=C1. The molecular formula is C8H11F.